The van der Waals surface area contributed by atoms with E-state index in [1.54, 1.807) is 23.1 Å². The summed E-state index contributed by atoms with van der Waals surface area (Å²) in [6.45, 7) is 2.23. The van der Waals surface area contributed by atoms with Crippen molar-refractivity contribution >= 4 is 37.5 Å². The third-order valence-electron chi connectivity index (χ3n) is 5.09. The first kappa shape index (κ1) is 20.8. The molecule has 1 aromatic heterocycles. The van der Waals surface area contributed by atoms with Crippen LogP contribution in [0.3, 0.4) is 0 Å². The van der Waals surface area contributed by atoms with E-state index < -0.39 is 10.0 Å². The summed E-state index contributed by atoms with van der Waals surface area (Å²) < 4.78 is 34.9. The number of furan rings is 1. The van der Waals surface area contributed by atoms with Gasteiger partial charge in [0.1, 0.15) is 11.5 Å². The van der Waals surface area contributed by atoms with Crippen LogP contribution in [0.2, 0.25) is 0 Å². The van der Waals surface area contributed by atoms with E-state index in [0.29, 0.717) is 18.1 Å². The third kappa shape index (κ3) is 4.35. The maximum absolute atomic E-state index is 12.8. The van der Waals surface area contributed by atoms with Gasteiger partial charge >= 0.3 is 0 Å². The van der Waals surface area contributed by atoms with Crippen LogP contribution in [-0.2, 0) is 27.8 Å². The highest BCUT2D eigenvalue weighted by atomic mass is 79.9. The number of anilines is 1. The van der Waals surface area contributed by atoms with Crippen molar-refractivity contribution in [3.63, 3.8) is 0 Å². The maximum Gasteiger partial charge on any atom is 0.240 e. The maximum atomic E-state index is 12.8. The molecule has 0 radical (unpaired) electrons. The summed E-state index contributed by atoms with van der Waals surface area (Å²) in [5.74, 6) is 1.16. The number of hydrogen-bond acceptors (Lipinski definition) is 4. The number of amides is 1. The number of rotatable bonds is 5. The van der Waals surface area contributed by atoms with E-state index in [9.17, 15) is 13.2 Å². The number of benzene rings is 2. The smallest absolute Gasteiger partial charge is 0.240 e. The molecule has 1 aliphatic heterocycles. The molecule has 0 fully saturated rings. The Balaban J connectivity index is 1.49. The number of fused-ring (bicyclic) bond motifs is 1. The van der Waals surface area contributed by atoms with Crippen molar-refractivity contribution in [2.75, 3.05) is 11.4 Å². The number of aryl methyl sites for hydroxylation is 1. The van der Waals surface area contributed by atoms with Crippen molar-refractivity contribution in [3.8, 4) is 11.3 Å². The Hall–Kier alpha value is -2.42. The lowest BCUT2D eigenvalue weighted by molar-refractivity contribution is -0.116. The van der Waals surface area contributed by atoms with Crippen LogP contribution in [-0.4, -0.2) is 20.9 Å². The molecule has 1 amide bonds. The summed E-state index contributed by atoms with van der Waals surface area (Å²) in [6, 6.07) is 16.2. The lowest BCUT2D eigenvalue weighted by Crippen LogP contribution is -2.33. The minimum absolute atomic E-state index is 0.0379. The molecular formula is C22H21BrN2O4S. The van der Waals surface area contributed by atoms with Gasteiger partial charge in [0.25, 0.3) is 0 Å². The Bertz CT molecular complexity index is 1190. The van der Waals surface area contributed by atoms with Gasteiger partial charge in [-0.3, -0.25) is 4.79 Å². The highest BCUT2D eigenvalue weighted by molar-refractivity contribution is 9.10. The second kappa shape index (κ2) is 8.37. The molecule has 4 rings (SSSR count). The fraction of sp³-hybridized carbons (Fsp3) is 0.227. The molecular weight excluding hydrogens is 468 g/mol. The number of halogens is 1. The average Bonchev–Trinajstić information content (AvgIpc) is 3.21. The predicted octanol–water partition coefficient (Wildman–Crippen LogP) is 4.49. The van der Waals surface area contributed by atoms with Crippen LogP contribution in [0.5, 0.6) is 0 Å². The van der Waals surface area contributed by atoms with Crippen molar-refractivity contribution in [1.82, 2.24) is 4.72 Å². The molecule has 1 N–H and O–H groups in total. The number of nitrogens with one attached hydrogen (secondary N) is 1. The third-order valence-corrected chi connectivity index (χ3v) is 7.01. The molecule has 30 heavy (non-hydrogen) atoms. The van der Waals surface area contributed by atoms with Gasteiger partial charge in [-0.2, -0.15) is 0 Å². The second-order valence-corrected chi connectivity index (χ2v) is 9.84. The van der Waals surface area contributed by atoms with E-state index in [4.69, 9.17) is 4.42 Å². The zero-order valence-corrected chi connectivity index (χ0v) is 18.8. The molecule has 0 aliphatic carbocycles. The fourth-order valence-electron chi connectivity index (χ4n) is 3.56. The Labute approximate surface area is 184 Å². The lowest BCUT2D eigenvalue weighted by Gasteiger charge is -2.28. The van der Waals surface area contributed by atoms with Crippen molar-refractivity contribution in [2.24, 2.45) is 0 Å². The van der Waals surface area contributed by atoms with Crippen LogP contribution in [0.15, 0.2) is 68.4 Å². The van der Waals surface area contributed by atoms with Gasteiger partial charge in [-0.25, -0.2) is 13.1 Å². The number of carbonyl (C=O) groups is 1. The number of carbonyl (C=O) groups excluding carboxylic acids is 1. The second-order valence-electron chi connectivity index (χ2n) is 7.16. The van der Waals surface area contributed by atoms with E-state index in [0.717, 1.165) is 34.1 Å². The van der Waals surface area contributed by atoms with Crippen molar-refractivity contribution in [2.45, 2.75) is 31.2 Å². The monoisotopic (exact) mass is 488 g/mol. The number of nitrogens with zero attached hydrogens (tertiary/aromatic N) is 1. The molecule has 156 valence electrons. The topological polar surface area (TPSA) is 79.6 Å². The molecule has 8 heteroatoms. The van der Waals surface area contributed by atoms with E-state index in [2.05, 4.69) is 20.7 Å². The van der Waals surface area contributed by atoms with Gasteiger partial charge in [-0.05, 0) is 60.9 Å². The first-order chi connectivity index (χ1) is 14.3. The van der Waals surface area contributed by atoms with E-state index >= 15 is 0 Å². The minimum Gasteiger partial charge on any atom is -0.460 e. The first-order valence-electron chi connectivity index (χ1n) is 9.59. The van der Waals surface area contributed by atoms with Gasteiger partial charge in [0.15, 0.2) is 0 Å². The van der Waals surface area contributed by atoms with Gasteiger partial charge in [0, 0.05) is 29.2 Å². The summed E-state index contributed by atoms with van der Waals surface area (Å²) in [4.78, 5) is 13.7. The molecule has 0 unspecified atom stereocenters. The Kier molecular flexibility index (Phi) is 5.81. The number of sulfonamides is 1. The summed E-state index contributed by atoms with van der Waals surface area (Å²) in [5, 5.41) is 0. The Morgan fingerprint density at radius 2 is 1.90 bits per heavy atom. The molecule has 0 bridgehead atoms. The normalized spacial score (nSPS) is 13.9. The highest BCUT2D eigenvalue weighted by Gasteiger charge is 2.23. The Morgan fingerprint density at radius 1 is 1.13 bits per heavy atom. The minimum atomic E-state index is -3.71. The lowest BCUT2D eigenvalue weighted by atomic mass is 10.0. The summed E-state index contributed by atoms with van der Waals surface area (Å²) >= 11 is 3.40. The molecule has 0 spiro atoms. The molecule has 0 saturated heterocycles. The largest absolute Gasteiger partial charge is 0.460 e. The van der Waals surface area contributed by atoms with Gasteiger partial charge in [-0.15, -0.1) is 0 Å². The molecule has 2 aromatic carbocycles. The Morgan fingerprint density at radius 3 is 2.63 bits per heavy atom. The fourth-order valence-corrected chi connectivity index (χ4v) is 4.87. The standard InChI is InChI=1S/C22H21BrN2O4S/c1-15(26)25-12-2-3-17-13-20(9-10-21(17)25)30(27,28)24-14-19-8-11-22(29-19)16-4-6-18(23)7-5-16/h4-11,13,24H,2-3,12,14H2,1H3. The molecule has 3 aromatic rings. The van der Waals surface area contributed by atoms with E-state index in [1.807, 2.05) is 30.3 Å². The van der Waals surface area contributed by atoms with E-state index in [-0.39, 0.29) is 17.3 Å². The van der Waals surface area contributed by atoms with Crippen LogP contribution >= 0.6 is 15.9 Å². The highest BCUT2D eigenvalue weighted by Crippen LogP contribution is 2.30. The summed E-state index contributed by atoms with van der Waals surface area (Å²) in [6.07, 6.45) is 1.56. The molecule has 0 atom stereocenters. The molecule has 6 nitrogen and oxygen atoms in total. The van der Waals surface area contributed by atoms with Crippen molar-refractivity contribution in [1.29, 1.82) is 0 Å². The molecule has 2 heterocycles. The van der Waals surface area contributed by atoms with Gasteiger partial charge in [0.05, 0.1) is 11.4 Å². The molecule has 0 saturated carbocycles. The summed E-state index contributed by atoms with van der Waals surface area (Å²) in [5.41, 5.74) is 2.57. The first-order valence-corrected chi connectivity index (χ1v) is 11.9. The van der Waals surface area contributed by atoms with Gasteiger partial charge < -0.3 is 9.32 Å². The van der Waals surface area contributed by atoms with Crippen molar-refractivity contribution in [3.05, 3.63) is 70.4 Å². The SMILES string of the molecule is CC(=O)N1CCCc2cc(S(=O)(=O)NCc3ccc(-c4ccc(Br)cc4)o3)ccc21. The molecule has 1 aliphatic rings. The predicted molar refractivity (Wildman–Crippen MR) is 119 cm³/mol. The van der Waals surface area contributed by atoms with E-state index in [1.165, 1.54) is 13.0 Å². The zero-order valence-electron chi connectivity index (χ0n) is 16.4. The van der Waals surface area contributed by atoms with Crippen LogP contribution in [0, 0.1) is 0 Å². The van der Waals surface area contributed by atoms with Crippen LogP contribution in [0.25, 0.3) is 11.3 Å². The van der Waals surface area contributed by atoms with Crippen molar-refractivity contribution < 1.29 is 17.6 Å². The van der Waals surface area contributed by atoms with Crippen LogP contribution in [0.4, 0.5) is 5.69 Å². The van der Waals surface area contributed by atoms with Crippen LogP contribution in [0.1, 0.15) is 24.7 Å². The van der Waals surface area contributed by atoms with Gasteiger partial charge in [-0.1, -0.05) is 28.1 Å². The average molecular weight is 489 g/mol. The number of hydrogen-bond donors (Lipinski definition) is 1. The quantitative estimate of drug-likeness (QED) is 0.573. The summed E-state index contributed by atoms with van der Waals surface area (Å²) in [7, 11) is -3.71. The zero-order chi connectivity index (χ0) is 21.3. The van der Waals surface area contributed by atoms with Gasteiger partial charge in [0.2, 0.25) is 15.9 Å². The van der Waals surface area contributed by atoms with Crippen LogP contribution < -0.4 is 9.62 Å².